The molecule has 0 aromatic heterocycles. The van der Waals surface area contributed by atoms with Gasteiger partial charge in [-0.2, -0.15) is 0 Å². The van der Waals surface area contributed by atoms with Crippen LogP contribution >= 0.6 is 0 Å². The average Bonchev–Trinajstić information content (AvgIpc) is 2.96. The molecule has 2 aromatic rings. The van der Waals surface area contributed by atoms with Gasteiger partial charge in [-0.25, -0.2) is 8.78 Å². The van der Waals surface area contributed by atoms with Crippen LogP contribution in [0.5, 0.6) is 0 Å². The molecule has 0 spiro atoms. The van der Waals surface area contributed by atoms with E-state index in [1.807, 2.05) is 23.1 Å². The molecule has 1 atom stereocenters. The zero-order valence-corrected chi connectivity index (χ0v) is 15.7. The fourth-order valence-electron chi connectivity index (χ4n) is 3.28. The Labute approximate surface area is 162 Å². The van der Waals surface area contributed by atoms with Crippen LogP contribution in [0.2, 0.25) is 0 Å². The summed E-state index contributed by atoms with van der Waals surface area (Å²) in [5.41, 5.74) is 0.867. The van der Waals surface area contributed by atoms with E-state index in [1.165, 1.54) is 6.07 Å². The van der Waals surface area contributed by atoms with Gasteiger partial charge in [-0.05, 0) is 37.6 Å². The van der Waals surface area contributed by atoms with Gasteiger partial charge in [0.15, 0.2) is 11.6 Å². The van der Waals surface area contributed by atoms with Crippen LogP contribution in [0.4, 0.5) is 14.5 Å². The summed E-state index contributed by atoms with van der Waals surface area (Å²) < 4.78 is 26.4. The summed E-state index contributed by atoms with van der Waals surface area (Å²) >= 11 is 0. The van der Waals surface area contributed by atoms with Crippen LogP contribution in [0, 0.1) is 11.6 Å². The minimum Gasteiger partial charge on any atom is -0.337 e. The smallest absolute Gasteiger partial charge is 0.253 e. The Bertz CT molecular complexity index is 845. The maximum Gasteiger partial charge on any atom is 0.253 e. The van der Waals surface area contributed by atoms with E-state index >= 15 is 0 Å². The topological polar surface area (TPSA) is 52.7 Å². The third kappa shape index (κ3) is 4.72. The minimum atomic E-state index is -1.00. The second-order valence-electron chi connectivity index (χ2n) is 6.84. The summed E-state index contributed by atoms with van der Waals surface area (Å²) in [5.74, 6) is -2.27. The monoisotopic (exact) mass is 387 g/mol. The molecule has 2 aromatic carbocycles. The zero-order chi connectivity index (χ0) is 20.1. The van der Waals surface area contributed by atoms with E-state index in [0.717, 1.165) is 18.6 Å². The van der Waals surface area contributed by atoms with Crippen molar-refractivity contribution in [3.05, 3.63) is 65.7 Å². The van der Waals surface area contributed by atoms with Gasteiger partial charge in [-0.15, -0.1) is 0 Å². The van der Waals surface area contributed by atoms with Gasteiger partial charge >= 0.3 is 0 Å². The van der Waals surface area contributed by atoms with Crippen molar-refractivity contribution in [3.8, 4) is 0 Å². The maximum atomic E-state index is 13.3. The molecule has 1 fully saturated rings. The first-order valence-corrected chi connectivity index (χ1v) is 9.30. The lowest BCUT2D eigenvalue weighted by atomic mass is 10.2. The van der Waals surface area contributed by atoms with Crippen LogP contribution in [0.1, 0.15) is 23.7 Å². The molecule has 1 heterocycles. The number of carbonyl (C=O) groups excluding carboxylic acids is 2. The van der Waals surface area contributed by atoms with Crippen molar-refractivity contribution in [1.29, 1.82) is 0 Å². The number of carbonyl (C=O) groups is 2. The Morgan fingerprint density at radius 2 is 1.71 bits per heavy atom. The number of anilines is 1. The average molecular weight is 387 g/mol. The van der Waals surface area contributed by atoms with Crippen LogP contribution in [0.3, 0.4) is 0 Å². The van der Waals surface area contributed by atoms with E-state index in [-0.39, 0.29) is 17.5 Å². The normalized spacial score (nSPS) is 16.3. The fraction of sp³-hybridized carbons (Fsp3) is 0.333. The van der Waals surface area contributed by atoms with E-state index < -0.39 is 17.7 Å². The van der Waals surface area contributed by atoms with Crippen molar-refractivity contribution in [1.82, 2.24) is 9.80 Å². The number of nitrogens with zero attached hydrogens (tertiary/aromatic N) is 2. The van der Waals surface area contributed by atoms with E-state index in [1.54, 1.807) is 24.0 Å². The van der Waals surface area contributed by atoms with Gasteiger partial charge in [0.1, 0.15) is 0 Å². The number of benzene rings is 2. The van der Waals surface area contributed by atoms with Gasteiger partial charge in [-0.1, -0.05) is 18.2 Å². The highest BCUT2D eigenvalue weighted by Gasteiger charge is 2.26. The van der Waals surface area contributed by atoms with Crippen LogP contribution in [-0.4, -0.2) is 53.8 Å². The van der Waals surface area contributed by atoms with Crippen molar-refractivity contribution in [2.24, 2.45) is 0 Å². The highest BCUT2D eigenvalue weighted by atomic mass is 19.2. The Balaban J connectivity index is 1.59. The molecule has 148 valence electrons. The van der Waals surface area contributed by atoms with Crippen molar-refractivity contribution < 1.29 is 18.4 Å². The summed E-state index contributed by atoms with van der Waals surface area (Å²) in [7, 11) is 0. The Kier molecular flexibility index (Phi) is 6.36. The van der Waals surface area contributed by atoms with Gasteiger partial charge in [-0.3, -0.25) is 14.5 Å². The molecule has 7 heteroatoms. The first kappa shape index (κ1) is 19.9. The molecule has 28 heavy (non-hydrogen) atoms. The van der Waals surface area contributed by atoms with Crippen LogP contribution in [0.25, 0.3) is 0 Å². The van der Waals surface area contributed by atoms with Gasteiger partial charge < -0.3 is 10.2 Å². The molecule has 3 rings (SSSR count). The summed E-state index contributed by atoms with van der Waals surface area (Å²) in [6.07, 6.45) is 0.751. The molecule has 1 N–H and O–H groups in total. The number of rotatable bonds is 4. The number of hydrogen-bond acceptors (Lipinski definition) is 3. The van der Waals surface area contributed by atoms with Gasteiger partial charge in [0.2, 0.25) is 5.91 Å². The molecule has 0 bridgehead atoms. The predicted molar refractivity (Wildman–Crippen MR) is 103 cm³/mol. The predicted octanol–water partition coefficient (Wildman–Crippen LogP) is 3.14. The van der Waals surface area contributed by atoms with Crippen molar-refractivity contribution in [2.75, 3.05) is 31.5 Å². The highest BCUT2D eigenvalue weighted by molar-refractivity contribution is 5.95. The third-order valence-electron chi connectivity index (χ3n) is 4.95. The van der Waals surface area contributed by atoms with Crippen LogP contribution in [0.15, 0.2) is 48.5 Å². The van der Waals surface area contributed by atoms with Gasteiger partial charge in [0.25, 0.3) is 5.91 Å². The largest absolute Gasteiger partial charge is 0.337 e. The van der Waals surface area contributed by atoms with Gasteiger partial charge in [0.05, 0.1) is 6.04 Å². The van der Waals surface area contributed by atoms with Crippen LogP contribution < -0.4 is 5.32 Å². The van der Waals surface area contributed by atoms with E-state index in [4.69, 9.17) is 0 Å². The fourth-order valence-corrected chi connectivity index (χ4v) is 3.28. The lowest BCUT2D eigenvalue weighted by molar-refractivity contribution is -0.120. The molecular formula is C21H23F2N3O2. The molecular weight excluding hydrogens is 364 g/mol. The molecule has 1 aliphatic rings. The lowest BCUT2D eigenvalue weighted by Crippen LogP contribution is -2.44. The Morgan fingerprint density at radius 3 is 2.43 bits per heavy atom. The number of nitrogens with one attached hydrogen (secondary N) is 1. The molecule has 0 radical (unpaired) electrons. The Morgan fingerprint density at radius 1 is 0.964 bits per heavy atom. The van der Waals surface area contributed by atoms with Crippen molar-refractivity contribution in [2.45, 2.75) is 19.4 Å². The second-order valence-corrected chi connectivity index (χ2v) is 6.84. The summed E-state index contributed by atoms with van der Waals surface area (Å²) in [6, 6.07) is 11.9. The van der Waals surface area contributed by atoms with Crippen molar-refractivity contribution in [3.63, 3.8) is 0 Å². The zero-order valence-electron chi connectivity index (χ0n) is 15.7. The molecule has 1 unspecified atom stereocenters. The van der Waals surface area contributed by atoms with E-state index in [0.29, 0.717) is 31.7 Å². The maximum absolute atomic E-state index is 13.3. The third-order valence-corrected chi connectivity index (χ3v) is 4.95. The summed E-state index contributed by atoms with van der Waals surface area (Å²) in [4.78, 5) is 28.9. The molecule has 1 aliphatic heterocycles. The summed E-state index contributed by atoms with van der Waals surface area (Å²) in [6.45, 7) is 4.15. The molecule has 2 amide bonds. The minimum absolute atomic E-state index is 0.0126. The molecule has 0 aliphatic carbocycles. The van der Waals surface area contributed by atoms with Crippen LogP contribution in [-0.2, 0) is 4.79 Å². The lowest BCUT2D eigenvalue weighted by Gasteiger charge is -2.27. The molecule has 0 saturated carbocycles. The SMILES string of the molecule is CC(C(=O)Nc1ccc(F)c(F)c1)N1CCCN(C(=O)c2ccccc2)CC1. The summed E-state index contributed by atoms with van der Waals surface area (Å²) in [5, 5.41) is 2.62. The van der Waals surface area contributed by atoms with E-state index in [9.17, 15) is 18.4 Å². The van der Waals surface area contributed by atoms with E-state index in [2.05, 4.69) is 5.32 Å². The number of hydrogen-bond donors (Lipinski definition) is 1. The second kappa shape index (κ2) is 8.93. The van der Waals surface area contributed by atoms with Crippen molar-refractivity contribution >= 4 is 17.5 Å². The standard InChI is InChI=1S/C21H23F2N3O2/c1-15(20(27)24-17-8-9-18(22)19(23)14-17)25-10-5-11-26(13-12-25)21(28)16-6-3-2-4-7-16/h2-4,6-9,14-15H,5,10-13H2,1H3,(H,24,27). The quantitative estimate of drug-likeness (QED) is 0.877. The first-order valence-electron chi connectivity index (χ1n) is 9.30. The number of amides is 2. The first-order chi connectivity index (χ1) is 13.5. The highest BCUT2D eigenvalue weighted by Crippen LogP contribution is 2.15. The molecule has 1 saturated heterocycles. The van der Waals surface area contributed by atoms with Gasteiger partial charge in [0, 0.05) is 43.5 Å². The molecule has 5 nitrogen and oxygen atoms in total. The number of halogens is 2. The Hall–Kier alpha value is -2.80.